The van der Waals surface area contributed by atoms with Crippen molar-refractivity contribution in [2.45, 2.75) is 38.7 Å². The topological polar surface area (TPSA) is 23.5 Å². The van der Waals surface area contributed by atoms with Crippen molar-refractivity contribution < 1.29 is 5.11 Å². The van der Waals surface area contributed by atoms with Crippen LogP contribution in [0.3, 0.4) is 0 Å². The van der Waals surface area contributed by atoms with Gasteiger partial charge in [0.05, 0.1) is 17.0 Å². The summed E-state index contributed by atoms with van der Waals surface area (Å²) in [5.41, 5.74) is 5.02. The number of fused-ring (bicyclic) bond motifs is 2. The number of benzene rings is 2. The number of aliphatic hydroxyl groups is 1. The standard InChI is InChI=1S/C22H23NOS/c1-21(2)15-9-5-7-11-18(15)23(19-12-8-6-10-16(19)21)20-17(13-14-25-20)22(3,4)24/h5-14,24H,1-4H3. The maximum atomic E-state index is 10.7. The Labute approximate surface area is 153 Å². The highest BCUT2D eigenvalue weighted by Crippen LogP contribution is 2.54. The van der Waals surface area contributed by atoms with Crippen LogP contribution in [0.5, 0.6) is 0 Å². The molecule has 2 heterocycles. The summed E-state index contributed by atoms with van der Waals surface area (Å²) in [6.45, 7) is 8.27. The van der Waals surface area contributed by atoms with Crippen LogP contribution in [0.4, 0.5) is 16.4 Å². The Hall–Kier alpha value is -2.10. The van der Waals surface area contributed by atoms with Crippen LogP contribution in [0.2, 0.25) is 0 Å². The average Bonchev–Trinajstić information content (AvgIpc) is 3.05. The molecule has 0 bridgehead atoms. The molecular formula is C22H23NOS. The first-order valence-electron chi connectivity index (χ1n) is 8.61. The highest BCUT2D eigenvalue weighted by atomic mass is 32.1. The van der Waals surface area contributed by atoms with Gasteiger partial charge in [-0.25, -0.2) is 0 Å². The van der Waals surface area contributed by atoms with Gasteiger partial charge in [-0.3, -0.25) is 0 Å². The molecule has 0 saturated heterocycles. The number of rotatable bonds is 2. The van der Waals surface area contributed by atoms with Gasteiger partial charge in [0.15, 0.2) is 0 Å². The minimum atomic E-state index is -0.883. The normalized spacial score (nSPS) is 15.6. The molecule has 2 aromatic carbocycles. The molecular weight excluding hydrogens is 326 g/mol. The van der Waals surface area contributed by atoms with Crippen LogP contribution in [-0.4, -0.2) is 5.11 Å². The van der Waals surface area contributed by atoms with E-state index < -0.39 is 5.60 Å². The fourth-order valence-corrected chi connectivity index (χ4v) is 4.91. The summed E-state index contributed by atoms with van der Waals surface area (Å²) in [4.78, 5) is 2.31. The van der Waals surface area contributed by atoms with E-state index in [1.807, 2.05) is 19.9 Å². The van der Waals surface area contributed by atoms with Gasteiger partial charge in [-0.1, -0.05) is 50.2 Å². The molecule has 1 N–H and O–H groups in total. The monoisotopic (exact) mass is 349 g/mol. The van der Waals surface area contributed by atoms with E-state index in [9.17, 15) is 5.11 Å². The lowest BCUT2D eigenvalue weighted by atomic mass is 9.73. The third-order valence-corrected chi connectivity index (χ3v) is 6.04. The molecule has 0 atom stereocenters. The minimum absolute atomic E-state index is 0.0597. The quantitative estimate of drug-likeness (QED) is 0.605. The zero-order valence-corrected chi connectivity index (χ0v) is 15.9. The largest absolute Gasteiger partial charge is 0.386 e. The molecule has 1 aliphatic heterocycles. The molecule has 0 amide bonds. The van der Waals surface area contributed by atoms with Gasteiger partial charge in [-0.2, -0.15) is 0 Å². The summed E-state index contributed by atoms with van der Waals surface area (Å²) in [5.74, 6) is 0. The maximum absolute atomic E-state index is 10.7. The fourth-order valence-electron chi connectivity index (χ4n) is 3.83. The number of nitrogens with zero attached hydrogens (tertiary/aromatic N) is 1. The maximum Gasteiger partial charge on any atom is 0.106 e. The SMILES string of the molecule is CC(C)(O)c1ccsc1N1c2ccccc2C(C)(C)c2ccccc21. The lowest BCUT2D eigenvalue weighted by molar-refractivity contribution is 0.0796. The molecule has 25 heavy (non-hydrogen) atoms. The van der Waals surface area contributed by atoms with Crippen molar-refractivity contribution in [3.05, 3.63) is 76.7 Å². The third kappa shape index (κ3) is 2.42. The highest BCUT2D eigenvalue weighted by Gasteiger charge is 2.38. The Morgan fingerprint density at radius 1 is 0.880 bits per heavy atom. The summed E-state index contributed by atoms with van der Waals surface area (Å²) in [7, 11) is 0. The van der Waals surface area contributed by atoms with Crippen LogP contribution < -0.4 is 4.90 Å². The van der Waals surface area contributed by atoms with Crippen molar-refractivity contribution in [1.82, 2.24) is 0 Å². The van der Waals surface area contributed by atoms with Gasteiger partial charge in [0.1, 0.15) is 5.00 Å². The number of hydrogen-bond acceptors (Lipinski definition) is 3. The van der Waals surface area contributed by atoms with Crippen molar-refractivity contribution in [3.8, 4) is 0 Å². The molecule has 2 nitrogen and oxygen atoms in total. The first-order chi connectivity index (χ1) is 11.8. The Balaban J connectivity index is 2.04. The number of anilines is 3. The van der Waals surface area contributed by atoms with E-state index in [0.29, 0.717) is 0 Å². The first-order valence-corrected chi connectivity index (χ1v) is 9.49. The fraction of sp³-hybridized carbons (Fsp3) is 0.273. The summed E-state index contributed by atoms with van der Waals surface area (Å²) in [6.07, 6.45) is 0. The van der Waals surface area contributed by atoms with Crippen LogP contribution in [-0.2, 0) is 11.0 Å². The molecule has 0 radical (unpaired) electrons. The molecule has 0 aliphatic carbocycles. The van der Waals surface area contributed by atoms with Crippen molar-refractivity contribution >= 4 is 27.7 Å². The van der Waals surface area contributed by atoms with Gasteiger partial charge in [-0.05, 0) is 48.6 Å². The zero-order valence-electron chi connectivity index (χ0n) is 15.1. The smallest absolute Gasteiger partial charge is 0.106 e. The van der Waals surface area contributed by atoms with Crippen molar-refractivity contribution in [2.24, 2.45) is 0 Å². The number of para-hydroxylation sites is 2. The summed E-state index contributed by atoms with van der Waals surface area (Å²) in [6, 6.07) is 19.2. The highest BCUT2D eigenvalue weighted by molar-refractivity contribution is 7.14. The van der Waals surface area contributed by atoms with Gasteiger partial charge in [0.25, 0.3) is 0 Å². The Morgan fingerprint density at radius 2 is 1.40 bits per heavy atom. The molecule has 1 aliphatic rings. The zero-order chi connectivity index (χ0) is 17.8. The molecule has 128 valence electrons. The minimum Gasteiger partial charge on any atom is -0.386 e. The molecule has 3 heteroatoms. The first kappa shape index (κ1) is 16.4. The molecule has 0 spiro atoms. The molecule has 0 saturated carbocycles. The van der Waals surface area contributed by atoms with Gasteiger partial charge in [0, 0.05) is 11.0 Å². The van der Waals surface area contributed by atoms with E-state index in [-0.39, 0.29) is 5.41 Å². The van der Waals surface area contributed by atoms with Gasteiger partial charge in [-0.15, -0.1) is 11.3 Å². The Bertz CT molecular complexity index is 883. The third-order valence-electron chi connectivity index (χ3n) is 5.14. The number of hydrogen-bond donors (Lipinski definition) is 1. The van der Waals surface area contributed by atoms with E-state index in [1.54, 1.807) is 11.3 Å². The Morgan fingerprint density at radius 3 is 1.92 bits per heavy atom. The van der Waals surface area contributed by atoms with Crippen molar-refractivity contribution in [3.63, 3.8) is 0 Å². The van der Waals surface area contributed by atoms with Crippen LogP contribution >= 0.6 is 11.3 Å². The molecule has 0 fully saturated rings. The van der Waals surface area contributed by atoms with Crippen LogP contribution in [0, 0.1) is 0 Å². The van der Waals surface area contributed by atoms with E-state index in [2.05, 4.69) is 72.7 Å². The second-order valence-electron chi connectivity index (χ2n) is 7.69. The second-order valence-corrected chi connectivity index (χ2v) is 8.59. The van der Waals surface area contributed by atoms with Gasteiger partial charge in [0.2, 0.25) is 0 Å². The summed E-state index contributed by atoms with van der Waals surface area (Å²) in [5, 5.41) is 13.8. The lowest BCUT2D eigenvalue weighted by Crippen LogP contribution is -2.31. The Kier molecular flexibility index (Phi) is 3.57. The second kappa shape index (κ2) is 5.45. The van der Waals surface area contributed by atoms with Crippen LogP contribution in [0.1, 0.15) is 44.4 Å². The summed E-state index contributed by atoms with van der Waals surface area (Å²) >= 11 is 1.68. The molecule has 4 rings (SSSR count). The van der Waals surface area contributed by atoms with Gasteiger partial charge >= 0.3 is 0 Å². The van der Waals surface area contributed by atoms with Crippen LogP contribution in [0.25, 0.3) is 0 Å². The predicted molar refractivity (Wildman–Crippen MR) is 106 cm³/mol. The van der Waals surface area contributed by atoms with Crippen molar-refractivity contribution in [1.29, 1.82) is 0 Å². The average molecular weight is 349 g/mol. The molecule has 0 unspecified atom stereocenters. The molecule has 3 aromatic rings. The predicted octanol–water partition coefficient (Wildman–Crippen LogP) is 6.08. The molecule has 1 aromatic heterocycles. The van der Waals surface area contributed by atoms with E-state index in [4.69, 9.17) is 0 Å². The van der Waals surface area contributed by atoms with Crippen LogP contribution in [0.15, 0.2) is 60.0 Å². The van der Waals surface area contributed by atoms with Crippen molar-refractivity contribution in [2.75, 3.05) is 4.90 Å². The lowest BCUT2D eigenvalue weighted by Gasteiger charge is -2.42. The van der Waals surface area contributed by atoms with E-state index >= 15 is 0 Å². The number of thiophene rings is 1. The summed E-state index contributed by atoms with van der Waals surface area (Å²) < 4.78 is 0. The van der Waals surface area contributed by atoms with Gasteiger partial charge < -0.3 is 10.0 Å². The van der Waals surface area contributed by atoms with E-state index in [0.717, 1.165) is 10.6 Å². The van der Waals surface area contributed by atoms with E-state index in [1.165, 1.54) is 22.5 Å².